The van der Waals surface area contributed by atoms with Gasteiger partial charge in [0.25, 0.3) is 0 Å². The summed E-state index contributed by atoms with van der Waals surface area (Å²) >= 11 is 0. The van der Waals surface area contributed by atoms with Gasteiger partial charge >= 0.3 is 5.97 Å². The number of methoxy groups -OCH3 is 2. The average molecular weight is 367 g/mol. The minimum Gasteiger partial charge on any atom is -0.493 e. The number of carbonyl (C=O) groups excluding carboxylic acids is 1. The zero-order valence-corrected chi connectivity index (χ0v) is 15.7. The van der Waals surface area contributed by atoms with Gasteiger partial charge in [0.05, 0.1) is 19.8 Å². The van der Waals surface area contributed by atoms with E-state index in [2.05, 4.69) is 11.4 Å². The number of hydrogen-bond acceptors (Lipinski definition) is 5. The van der Waals surface area contributed by atoms with Gasteiger partial charge in [0.1, 0.15) is 6.61 Å². The molecular formula is C22H25NO4. The molecular weight excluding hydrogens is 342 g/mol. The van der Waals surface area contributed by atoms with Crippen molar-refractivity contribution in [3.63, 3.8) is 0 Å². The largest absolute Gasteiger partial charge is 0.493 e. The topological polar surface area (TPSA) is 56.8 Å². The summed E-state index contributed by atoms with van der Waals surface area (Å²) in [6, 6.07) is 13.7. The first-order valence-electron chi connectivity index (χ1n) is 9.10. The first-order valence-corrected chi connectivity index (χ1v) is 9.10. The van der Waals surface area contributed by atoms with Gasteiger partial charge in [0.15, 0.2) is 11.5 Å². The fourth-order valence-corrected chi connectivity index (χ4v) is 3.10. The van der Waals surface area contributed by atoms with Crippen LogP contribution in [-0.2, 0) is 11.3 Å². The second-order valence-electron chi connectivity index (χ2n) is 6.42. The van der Waals surface area contributed by atoms with Crippen LogP contribution in [0.1, 0.15) is 34.3 Å². The van der Waals surface area contributed by atoms with Crippen LogP contribution in [-0.4, -0.2) is 32.8 Å². The Hall–Kier alpha value is -2.79. The number of esters is 1. The number of rotatable bonds is 7. The normalized spacial score (nSPS) is 16.4. The highest BCUT2D eigenvalue weighted by Crippen LogP contribution is 2.33. The molecule has 0 aliphatic carbocycles. The van der Waals surface area contributed by atoms with E-state index in [9.17, 15) is 4.79 Å². The summed E-state index contributed by atoms with van der Waals surface area (Å²) in [4.78, 5) is 12.2. The smallest absolute Gasteiger partial charge is 0.338 e. The summed E-state index contributed by atoms with van der Waals surface area (Å²) in [6.45, 7) is 1.44. The molecule has 0 spiro atoms. The van der Waals surface area contributed by atoms with Crippen molar-refractivity contribution in [3.8, 4) is 11.5 Å². The Bertz CT molecular complexity index is 795. The zero-order valence-electron chi connectivity index (χ0n) is 15.7. The molecule has 27 heavy (non-hydrogen) atoms. The van der Waals surface area contributed by atoms with Crippen molar-refractivity contribution in [2.45, 2.75) is 25.5 Å². The van der Waals surface area contributed by atoms with Crippen molar-refractivity contribution in [1.29, 1.82) is 0 Å². The molecule has 5 heteroatoms. The Morgan fingerprint density at radius 2 is 2.00 bits per heavy atom. The van der Waals surface area contributed by atoms with Crippen LogP contribution >= 0.6 is 0 Å². The minimum absolute atomic E-state index is 0.325. The third-order valence-corrected chi connectivity index (χ3v) is 4.58. The highest BCUT2D eigenvalue weighted by Gasteiger charge is 2.17. The van der Waals surface area contributed by atoms with Gasteiger partial charge in [0, 0.05) is 6.04 Å². The molecule has 0 aromatic heterocycles. The van der Waals surface area contributed by atoms with Crippen molar-refractivity contribution < 1.29 is 19.0 Å². The van der Waals surface area contributed by atoms with Gasteiger partial charge in [-0.2, -0.15) is 0 Å². The minimum atomic E-state index is -0.401. The van der Waals surface area contributed by atoms with Gasteiger partial charge < -0.3 is 19.5 Å². The van der Waals surface area contributed by atoms with Crippen molar-refractivity contribution in [2.24, 2.45) is 0 Å². The summed E-state index contributed by atoms with van der Waals surface area (Å²) in [5, 5.41) is 3.41. The van der Waals surface area contributed by atoms with E-state index in [0.29, 0.717) is 29.7 Å². The molecule has 1 fully saturated rings. The highest BCUT2D eigenvalue weighted by atomic mass is 16.5. The van der Waals surface area contributed by atoms with E-state index in [-0.39, 0.29) is 0 Å². The third kappa shape index (κ3) is 4.89. The van der Waals surface area contributed by atoms with E-state index >= 15 is 0 Å². The number of carbonyl (C=O) groups is 1. The van der Waals surface area contributed by atoms with Crippen molar-refractivity contribution in [3.05, 3.63) is 65.2 Å². The van der Waals surface area contributed by atoms with Gasteiger partial charge in [-0.3, -0.25) is 0 Å². The maximum absolute atomic E-state index is 12.2. The van der Waals surface area contributed by atoms with Crippen molar-refractivity contribution >= 4 is 12.0 Å². The van der Waals surface area contributed by atoms with E-state index < -0.39 is 5.97 Å². The van der Waals surface area contributed by atoms with Crippen molar-refractivity contribution in [1.82, 2.24) is 5.32 Å². The number of ether oxygens (including phenoxy) is 3. The quantitative estimate of drug-likeness (QED) is 0.754. The van der Waals surface area contributed by atoms with Crippen LogP contribution in [0.2, 0.25) is 0 Å². The second-order valence-corrected chi connectivity index (χ2v) is 6.42. The predicted molar refractivity (Wildman–Crippen MR) is 105 cm³/mol. The Balaban J connectivity index is 1.89. The summed E-state index contributed by atoms with van der Waals surface area (Å²) in [5.74, 6) is 0.692. The van der Waals surface area contributed by atoms with E-state index in [0.717, 1.165) is 30.5 Å². The molecule has 0 bridgehead atoms. The molecule has 0 unspecified atom stereocenters. The van der Waals surface area contributed by atoms with E-state index in [4.69, 9.17) is 14.2 Å². The lowest BCUT2D eigenvalue weighted by molar-refractivity contribution is 0.0600. The second kappa shape index (κ2) is 9.24. The molecule has 1 N–H and O–H groups in total. The average Bonchev–Trinajstić information content (AvgIpc) is 3.24. The lowest BCUT2D eigenvalue weighted by atomic mass is 10.0. The molecule has 1 saturated heterocycles. The lowest BCUT2D eigenvalue weighted by Gasteiger charge is -2.14. The standard InChI is InChI=1S/C22H25NO4/c1-25-20-14-19(22(24)26-2)17(10-11-18-9-6-12-23-18)13-21(20)27-15-16-7-4-3-5-8-16/h3-5,7-8,10-11,13-14,18,23H,6,9,12,15H2,1-2H3/b11-10-/t18-/m0/s1. The Labute approximate surface area is 159 Å². The van der Waals surface area contributed by atoms with Crippen LogP contribution in [0.15, 0.2) is 48.5 Å². The Morgan fingerprint density at radius 3 is 2.67 bits per heavy atom. The Kier molecular flexibility index (Phi) is 6.49. The van der Waals surface area contributed by atoms with E-state index in [1.807, 2.05) is 42.5 Å². The van der Waals surface area contributed by atoms with Crippen LogP contribution in [0.3, 0.4) is 0 Å². The zero-order chi connectivity index (χ0) is 19.1. The predicted octanol–water partition coefficient (Wildman–Crippen LogP) is 3.83. The SMILES string of the molecule is COC(=O)c1cc(OC)c(OCc2ccccc2)cc1/C=C\[C@@H]1CCCN1. The Morgan fingerprint density at radius 1 is 1.19 bits per heavy atom. The van der Waals surface area contributed by atoms with Gasteiger partial charge in [-0.25, -0.2) is 4.79 Å². The van der Waals surface area contributed by atoms with Crippen LogP contribution in [0.5, 0.6) is 11.5 Å². The molecule has 2 aromatic carbocycles. The molecule has 1 aliphatic heterocycles. The van der Waals surface area contributed by atoms with Gasteiger partial charge in [-0.05, 0) is 42.6 Å². The molecule has 0 amide bonds. The van der Waals surface area contributed by atoms with E-state index in [1.54, 1.807) is 13.2 Å². The fourth-order valence-electron chi connectivity index (χ4n) is 3.10. The van der Waals surface area contributed by atoms with Crippen LogP contribution in [0, 0.1) is 0 Å². The summed E-state index contributed by atoms with van der Waals surface area (Å²) in [5.41, 5.74) is 2.26. The third-order valence-electron chi connectivity index (χ3n) is 4.58. The molecule has 1 heterocycles. The molecule has 1 atom stereocenters. The van der Waals surface area contributed by atoms with Crippen LogP contribution in [0.25, 0.3) is 6.08 Å². The molecule has 2 aromatic rings. The van der Waals surface area contributed by atoms with Crippen LogP contribution in [0.4, 0.5) is 0 Å². The molecule has 142 valence electrons. The fraction of sp³-hybridized carbons (Fsp3) is 0.318. The lowest BCUT2D eigenvalue weighted by Crippen LogP contribution is -2.18. The van der Waals surface area contributed by atoms with Gasteiger partial charge in [-0.15, -0.1) is 0 Å². The van der Waals surface area contributed by atoms with Crippen molar-refractivity contribution in [2.75, 3.05) is 20.8 Å². The molecule has 0 saturated carbocycles. The molecule has 0 radical (unpaired) electrons. The number of hydrogen-bond donors (Lipinski definition) is 1. The number of benzene rings is 2. The first kappa shape index (κ1) is 19.0. The monoisotopic (exact) mass is 367 g/mol. The maximum Gasteiger partial charge on any atom is 0.338 e. The van der Waals surface area contributed by atoms with Crippen LogP contribution < -0.4 is 14.8 Å². The number of nitrogens with one attached hydrogen (secondary N) is 1. The summed E-state index contributed by atoms with van der Waals surface area (Å²) in [6.07, 6.45) is 6.29. The van der Waals surface area contributed by atoms with E-state index in [1.165, 1.54) is 7.11 Å². The van der Waals surface area contributed by atoms with Gasteiger partial charge in [0.2, 0.25) is 0 Å². The maximum atomic E-state index is 12.2. The molecule has 5 nitrogen and oxygen atoms in total. The molecule has 3 rings (SSSR count). The summed E-state index contributed by atoms with van der Waals surface area (Å²) in [7, 11) is 2.93. The highest BCUT2D eigenvalue weighted by molar-refractivity contribution is 5.94. The first-order chi connectivity index (χ1) is 13.2. The summed E-state index contributed by atoms with van der Waals surface area (Å²) < 4.78 is 16.3. The van der Waals surface area contributed by atoms with Gasteiger partial charge in [-0.1, -0.05) is 42.5 Å². The molecule has 1 aliphatic rings.